The maximum atomic E-state index is 10.5. The average Bonchev–Trinajstić information content (AvgIpc) is 2.15. The van der Waals surface area contributed by atoms with E-state index in [4.69, 9.17) is 16.6 Å². The number of aliphatic carboxylic acids is 1. The van der Waals surface area contributed by atoms with Crippen LogP contribution < -0.4 is 11.5 Å². The van der Waals surface area contributed by atoms with Crippen LogP contribution >= 0.6 is 0 Å². The number of carbonyl (C=O) groups is 1. The van der Waals surface area contributed by atoms with Crippen molar-refractivity contribution in [1.82, 2.24) is 0 Å². The van der Waals surface area contributed by atoms with Gasteiger partial charge >= 0.3 is 5.97 Å². The van der Waals surface area contributed by atoms with Crippen LogP contribution in [0.2, 0.25) is 0 Å². The van der Waals surface area contributed by atoms with Crippen molar-refractivity contribution in [2.75, 3.05) is 0 Å². The lowest BCUT2D eigenvalue weighted by molar-refractivity contribution is -0.143. The molecule has 0 saturated heterocycles. The van der Waals surface area contributed by atoms with Crippen molar-refractivity contribution in [2.45, 2.75) is 30.8 Å². The molecule has 58 valence electrons. The second-order valence-electron chi connectivity index (χ2n) is 2.84. The van der Waals surface area contributed by atoms with Crippen LogP contribution in [0, 0.1) is 0 Å². The Morgan fingerprint density at radius 2 is 2.30 bits per heavy atom. The molecular weight excluding hydrogens is 132 g/mol. The molecule has 0 aromatic rings. The van der Waals surface area contributed by atoms with Crippen LogP contribution in [0.4, 0.5) is 0 Å². The van der Waals surface area contributed by atoms with Gasteiger partial charge in [-0.15, -0.1) is 0 Å². The summed E-state index contributed by atoms with van der Waals surface area (Å²) in [7, 11) is 0. The van der Waals surface area contributed by atoms with E-state index < -0.39 is 11.5 Å². The molecule has 1 saturated carbocycles. The maximum absolute atomic E-state index is 10.5. The maximum Gasteiger partial charge on any atom is 0.325 e. The van der Waals surface area contributed by atoms with E-state index in [1.807, 2.05) is 0 Å². The van der Waals surface area contributed by atoms with Crippen LogP contribution in [0.3, 0.4) is 0 Å². The zero-order valence-electron chi connectivity index (χ0n) is 5.71. The van der Waals surface area contributed by atoms with Gasteiger partial charge in [0.1, 0.15) is 5.54 Å². The fraction of sp³-hybridized carbons (Fsp3) is 0.833. The number of carboxylic acid groups (broad SMARTS) is 1. The monoisotopic (exact) mass is 144 g/mol. The lowest BCUT2D eigenvalue weighted by Gasteiger charge is -2.22. The van der Waals surface area contributed by atoms with Crippen molar-refractivity contribution in [3.63, 3.8) is 0 Å². The van der Waals surface area contributed by atoms with Crippen LogP contribution in [0.1, 0.15) is 19.3 Å². The molecule has 4 heteroatoms. The van der Waals surface area contributed by atoms with Crippen LogP contribution in [0.15, 0.2) is 0 Å². The molecule has 2 unspecified atom stereocenters. The average molecular weight is 144 g/mol. The minimum atomic E-state index is -1.15. The second-order valence-corrected chi connectivity index (χ2v) is 2.84. The van der Waals surface area contributed by atoms with Crippen molar-refractivity contribution in [3.05, 3.63) is 0 Å². The number of hydrogen-bond donors (Lipinski definition) is 3. The van der Waals surface area contributed by atoms with Gasteiger partial charge < -0.3 is 16.6 Å². The van der Waals surface area contributed by atoms with Gasteiger partial charge in [-0.25, -0.2) is 0 Å². The lowest BCUT2D eigenvalue weighted by Crippen LogP contribution is -2.57. The molecule has 0 bridgehead atoms. The quantitative estimate of drug-likeness (QED) is 0.453. The van der Waals surface area contributed by atoms with Gasteiger partial charge in [-0.3, -0.25) is 4.79 Å². The first-order valence-corrected chi connectivity index (χ1v) is 3.35. The SMILES string of the molecule is NC1CCCC1(N)C(=O)O. The van der Waals surface area contributed by atoms with Crippen molar-refractivity contribution in [2.24, 2.45) is 11.5 Å². The summed E-state index contributed by atoms with van der Waals surface area (Å²) in [5, 5.41) is 8.64. The van der Waals surface area contributed by atoms with Crippen LogP contribution in [-0.2, 0) is 4.79 Å². The highest BCUT2D eigenvalue weighted by Crippen LogP contribution is 2.26. The first-order chi connectivity index (χ1) is 4.57. The third kappa shape index (κ3) is 0.892. The van der Waals surface area contributed by atoms with Gasteiger partial charge in [0, 0.05) is 6.04 Å². The Balaban J connectivity index is 2.75. The molecule has 0 spiro atoms. The molecule has 4 nitrogen and oxygen atoms in total. The number of hydrogen-bond acceptors (Lipinski definition) is 3. The number of rotatable bonds is 1. The molecule has 0 aromatic carbocycles. The summed E-state index contributed by atoms with van der Waals surface area (Å²) >= 11 is 0. The highest BCUT2D eigenvalue weighted by Gasteiger charge is 2.43. The molecule has 0 heterocycles. The van der Waals surface area contributed by atoms with E-state index in [1.54, 1.807) is 0 Å². The van der Waals surface area contributed by atoms with Gasteiger partial charge in [0.05, 0.1) is 0 Å². The van der Waals surface area contributed by atoms with Gasteiger partial charge in [0.25, 0.3) is 0 Å². The Labute approximate surface area is 59.2 Å². The van der Waals surface area contributed by atoms with Gasteiger partial charge in [0.2, 0.25) is 0 Å². The Hall–Kier alpha value is -0.610. The molecule has 1 rings (SSSR count). The summed E-state index contributed by atoms with van der Waals surface area (Å²) in [5.41, 5.74) is 9.88. The Bertz CT molecular complexity index is 160. The molecule has 5 N–H and O–H groups in total. The van der Waals surface area contributed by atoms with Crippen molar-refractivity contribution < 1.29 is 9.90 Å². The van der Waals surface area contributed by atoms with Crippen LogP contribution in [0.5, 0.6) is 0 Å². The minimum absolute atomic E-state index is 0.370. The predicted octanol–water partition coefficient (Wildman–Crippen LogP) is -0.720. The number of nitrogens with two attached hydrogens (primary N) is 2. The van der Waals surface area contributed by atoms with E-state index in [1.165, 1.54) is 0 Å². The van der Waals surface area contributed by atoms with Gasteiger partial charge in [-0.1, -0.05) is 0 Å². The van der Waals surface area contributed by atoms with Crippen LogP contribution in [0.25, 0.3) is 0 Å². The van der Waals surface area contributed by atoms with Crippen molar-refractivity contribution in [3.8, 4) is 0 Å². The molecule has 2 atom stereocenters. The second kappa shape index (κ2) is 2.21. The van der Waals surface area contributed by atoms with Crippen molar-refractivity contribution in [1.29, 1.82) is 0 Å². The topological polar surface area (TPSA) is 89.3 Å². The Morgan fingerprint density at radius 3 is 2.50 bits per heavy atom. The van der Waals surface area contributed by atoms with E-state index in [-0.39, 0.29) is 6.04 Å². The first-order valence-electron chi connectivity index (χ1n) is 3.35. The predicted molar refractivity (Wildman–Crippen MR) is 36.4 cm³/mol. The molecule has 0 aliphatic heterocycles. The largest absolute Gasteiger partial charge is 0.480 e. The molecule has 0 radical (unpaired) electrons. The number of carboxylic acids is 1. The van der Waals surface area contributed by atoms with Gasteiger partial charge in [-0.05, 0) is 19.3 Å². The molecule has 1 fully saturated rings. The fourth-order valence-corrected chi connectivity index (χ4v) is 1.32. The minimum Gasteiger partial charge on any atom is -0.480 e. The smallest absolute Gasteiger partial charge is 0.325 e. The molecular formula is C6H12N2O2. The molecule has 10 heavy (non-hydrogen) atoms. The zero-order chi connectivity index (χ0) is 7.78. The molecule has 0 amide bonds. The standard InChI is InChI=1S/C6H12N2O2/c7-4-2-1-3-6(4,8)5(9)10/h4H,1-3,7-8H2,(H,9,10). The molecule has 0 aromatic heterocycles. The summed E-state index contributed by atoms with van der Waals surface area (Å²) in [4.78, 5) is 10.5. The highest BCUT2D eigenvalue weighted by atomic mass is 16.4. The Kier molecular flexibility index (Phi) is 1.66. The Morgan fingerprint density at radius 1 is 1.70 bits per heavy atom. The molecule has 1 aliphatic rings. The van der Waals surface area contributed by atoms with Gasteiger partial charge in [0.15, 0.2) is 0 Å². The fourth-order valence-electron chi connectivity index (χ4n) is 1.32. The summed E-state index contributed by atoms with van der Waals surface area (Å²) in [6.45, 7) is 0. The third-order valence-corrected chi connectivity index (χ3v) is 2.17. The molecule has 1 aliphatic carbocycles. The van der Waals surface area contributed by atoms with Gasteiger partial charge in [-0.2, -0.15) is 0 Å². The third-order valence-electron chi connectivity index (χ3n) is 2.17. The summed E-state index contributed by atoms with van der Waals surface area (Å²) in [6.07, 6.45) is 2.05. The van der Waals surface area contributed by atoms with E-state index in [0.717, 1.165) is 12.8 Å². The van der Waals surface area contributed by atoms with E-state index >= 15 is 0 Å². The zero-order valence-corrected chi connectivity index (χ0v) is 5.71. The van der Waals surface area contributed by atoms with E-state index in [9.17, 15) is 4.79 Å². The lowest BCUT2D eigenvalue weighted by atomic mass is 9.96. The normalized spacial score (nSPS) is 40.0. The first kappa shape index (κ1) is 7.50. The highest BCUT2D eigenvalue weighted by molar-refractivity contribution is 5.80. The van der Waals surface area contributed by atoms with E-state index in [0.29, 0.717) is 6.42 Å². The van der Waals surface area contributed by atoms with E-state index in [2.05, 4.69) is 0 Å². The summed E-state index contributed by atoms with van der Waals surface area (Å²) < 4.78 is 0. The van der Waals surface area contributed by atoms with Crippen molar-refractivity contribution >= 4 is 5.97 Å². The summed E-state index contributed by atoms with van der Waals surface area (Å²) in [5.74, 6) is -0.975. The van der Waals surface area contributed by atoms with Crippen LogP contribution in [-0.4, -0.2) is 22.7 Å². The summed E-state index contributed by atoms with van der Waals surface area (Å²) in [6, 6.07) is -0.370.